The van der Waals surface area contributed by atoms with Crippen molar-refractivity contribution in [2.24, 2.45) is 0 Å². The summed E-state index contributed by atoms with van der Waals surface area (Å²) in [5, 5.41) is 13.4. The molecule has 0 amide bonds. The van der Waals surface area contributed by atoms with E-state index in [2.05, 4.69) is 5.32 Å². The Morgan fingerprint density at radius 2 is 1.57 bits per heavy atom. The van der Waals surface area contributed by atoms with E-state index in [1.165, 1.54) is 0 Å². The van der Waals surface area contributed by atoms with Crippen molar-refractivity contribution >= 4 is 0 Å². The molecule has 0 aliphatic rings. The molecule has 2 aromatic carbocycles. The monoisotopic (exact) mass is 317 g/mol. The molecular weight excluding hydrogens is 294 g/mol. The van der Waals surface area contributed by atoms with Gasteiger partial charge in [0.1, 0.15) is 0 Å². The number of nitrogens with one attached hydrogen (secondary N) is 1. The first-order valence-corrected chi connectivity index (χ1v) is 7.42. The molecule has 0 aliphatic carbocycles. The molecule has 0 saturated carbocycles. The zero-order valence-electron chi connectivity index (χ0n) is 13.7. The first-order chi connectivity index (χ1) is 11.2. The second-order valence-electron chi connectivity index (χ2n) is 5.09. The number of hydrogen-bond acceptors (Lipinski definition) is 5. The average molecular weight is 317 g/mol. The lowest BCUT2D eigenvalue weighted by Gasteiger charge is -2.15. The molecule has 0 radical (unpaired) electrons. The van der Waals surface area contributed by atoms with Crippen LogP contribution in [0.5, 0.6) is 17.2 Å². The van der Waals surface area contributed by atoms with Crippen LogP contribution in [0.3, 0.4) is 0 Å². The van der Waals surface area contributed by atoms with Crippen LogP contribution in [-0.4, -0.2) is 33.0 Å². The lowest BCUT2D eigenvalue weighted by atomic mass is 10.1. The van der Waals surface area contributed by atoms with Crippen molar-refractivity contribution in [3.05, 3.63) is 53.6 Å². The molecular formula is C18H23NO4. The first-order valence-electron chi connectivity index (χ1n) is 7.42. The van der Waals surface area contributed by atoms with Crippen LogP contribution in [0.15, 0.2) is 42.5 Å². The summed E-state index contributed by atoms with van der Waals surface area (Å²) in [6.07, 6.45) is -0.543. The van der Waals surface area contributed by atoms with Gasteiger partial charge in [0.15, 0.2) is 11.5 Å². The van der Waals surface area contributed by atoms with Crippen molar-refractivity contribution in [2.75, 3.05) is 27.9 Å². The molecule has 0 fully saturated rings. The molecule has 0 spiro atoms. The van der Waals surface area contributed by atoms with Gasteiger partial charge in [-0.2, -0.15) is 0 Å². The summed E-state index contributed by atoms with van der Waals surface area (Å²) in [6, 6.07) is 13.4. The molecule has 0 heterocycles. The fourth-order valence-corrected chi connectivity index (χ4v) is 2.38. The Bertz CT molecular complexity index is 591. The topological polar surface area (TPSA) is 60.0 Å². The summed E-state index contributed by atoms with van der Waals surface area (Å²) in [4.78, 5) is 0. The van der Waals surface area contributed by atoms with Crippen molar-refractivity contribution in [3.8, 4) is 17.2 Å². The van der Waals surface area contributed by atoms with Crippen LogP contribution in [0, 0.1) is 0 Å². The van der Waals surface area contributed by atoms with Crippen molar-refractivity contribution in [3.63, 3.8) is 0 Å². The largest absolute Gasteiger partial charge is 0.493 e. The normalized spacial score (nSPS) is 11.8. The number of hydrogen-bond donors (Lipinski definition) is 2. The Labute approximate surface area is 136 Å². The van der Waals surface area contributed by atoms with Gasteiger partial charge in [-0.25, -0.2) is 0 Å². The third-order valence-electron chi connectivity index (χ3n) is 3.58. The minimum absolute atomic E-state index is 0.459. The van der Waals surface area contributed by atoms with E-state index in [4.69, 9.17) is 14.2 Å². The maximum absolute atomic E-state index is 10.2. The van der Waals surface area contributed by atoms with Gasteiger partial charge in [-0.15, -0.1) is 0 Å². The fraction of sp³-hybridized carbons (Fsp3) is 0.333. The predicted octanol–water partition coefficient (Wildman–Crippen LogP) is 2.54. The van der Waals surface area contributed by atoms with Gasteiger partial charge in [0.25, 0.3) is 0 Å². The number of rotatable bonds is 8. The van der Waals surface area contributed by atoms with Crippen LogP contribution >= 0.6 is 0 Å². The highest BCUT2D eigenvalue weighted by molar-refractivity contribution is 5.53. The number of aliphatic hydroxyl groups excluding tert-OH is 1. The summed E-state index contributed by atoms with van der Waals surface area (Å²) < 4.78 is 16.0. The van der Waals surface area contributed by atoms with E-state index in [0.29, 0.717) is 30.3 Å². The summed E-state index contributed by atoms with van der Waals surface area (Å²) >= 11 is 0. The number of benzene rings is 2. The lowest BCUT2D eigenvalue weighted by Crippen LogP contribution is -2.21. The Kier molecular flexibility index (Phi) is 6.26. The second-order valence-corrected chi connectivity index (χ2v) is 5.09. The van der Waals surface area contributed by atoms with Crippen LogP contribution < -0.4 is 19.5 Å². The Balaban J connectivity index is 2.00. The summed E-state index contributed by atoms with van der Waals surface area (Å²) in [5.74, 6) is 1.81. The Morgan fingerprint density at radius 3 is 2.09 bits per heavy atom. The molecule has 124 valence electrons. The van der Waals surface area contributed by atoms with Crippen LogP contribution in [0.2, 0.25) is 0 Å². The summed E-state index contributed by atoms with van der Waals surface area (Å²) in [7, 11) is 4.76. The Morgan fingerprint density at radius 1 is 0.957 bits per heavy atom. The maximum Gasteiger partial charge on any atom is 0.203 e. The quantitative estimate of drug-likeness (QED) is 0.783. The third-order valence-corrected chi connectivity index (χ3v) is 3.58. The van der Waals surface area contributed by atoms with Crippen LogP contribution in [0.25, 0.3) is 0 Å². The van der Waals surface area contributed by atoms with E-state index in [-0.39, 0.29) is 0 Å². The van der Waals surface area contributed by atoms with E-state index >= 15 is 0 Å². The van der Waals surface area contributed by atoms with Crippen LogP contribution in [-0.2, 0) is 6.54 Å². The smallest absolute Gasteiger partial charge is 0.203 e. The second kappa shape index (κ2) is 8.41. The first kappa shape index (κ1) is 17.1. The Hall–Kier alpha value is -2.24. The molecule has 5 heteroatoms. The van der Waals surface area contributed by atoms with Gasteiger partial charge in [-0.3, -0.25) is 0 Å². The molecule has 0 bridgehead atoms. The molecule has 0 aromatic heterocycles. The molecule has 5 nitrogen and oxygen atoms in total. The van der Waals surface area contributed by atoms with Gasteiger partial charge in [0, 0.05) is 13.1 Å². The average Bonchev–Trinajstić information content (AvgIpc) is 2.61. The number of ether oxygens (including phenoxy) is 3. The van der Waals surface area contributed by atoms with E-state index in [9.17, 15) is 5.11 Å². The van der Waals surface area contributed by atoms with Crippen molar-refractivity contribution in [2.45, 2.75) is 12.6 Å². The predicted molar refractivity (Wildman–Crippen MR) is 89.2 cm³/mol. The van der Waals surface area contributed by atoms with E-state index in [0.717, 1.165) is 11.1 Å². The highest BCUT2D eigenvalue weighted by Gasteiger charge is 2.13. The standard InChI is InChI=1S/C18H23NO4/c1-21-16-9-13(10-17(22-2)18(16)23-3)11-19-12-15(20)14-7-5-4-6-8-14/h4-10,15,19-20H,11-12H2,1-3H3/t15-/m0/s1. The van der Waals surface area contributed by atoms with Crippen molar-refractivity contribution in [1.29, 1.82) is 0 Å². The molecule has 1 atom stereocenters. The highest BCUT2D eigenvalue weighted by Crippen LogP contribution is 2.38. The minimum atomic E-state index is -0.543. The minimum Gasteiger partial charge on any atom is -0.493 e. The third kappa shape index (κ3) is 4.37. The van der Waals surface area contributed by atoms with E-state index in [1.54, 1.807) is 21.3 Å². The molecule has 2 N–H and O–H groups in total. The number of methoxy groups -OCH3 is 3. The SMILES string of the molecule is COc1cc(CNC[C@H](O)c2ccccc2)cc(OC)c1OC. The number of aliphatic hydroxyl groups is 1. The maximum atomic E-state index is 10.2. The lowest BCUT2D eigenvalue weighted by molar-refractivity contribution is 0.174. The molecule has 23 heavy (non-hydrogen) atoms. The zero-order valence-corrected chi connectivity index (χ0v) is 13.7. The van der Waals surface area contributed by atoms with Crippen LogP contribution in [0.4, 0.5) is 0 Å². The fourth-order valence-electron chi connectivity index (χ4n) is 2.38. The molecule has 0 unspecified atom stereocenters. The summed E-state index contributed by atoms with van der Waals surface area (Å²) in [5.41, 5.74) is 1.88. The van der Waals surface area contributed by atoms with E-state index < -0.39 is 6.10 Å². The molecule has 2 aromatic rings. The molecule has 2 rings (SSSR count). The molecule has 0 aliphatic heterocycles. The molecule has 0 saturated heterocycles. The van der Waals surface area contributed by atoms with Crippen molar-refractivity contribution < 1.29 is 19.3 Å². The highest BCUT2D eigenvalue weighted by atomic mass is 16.5. The summed E-state index contributed by atoms with van der Waals surface area (Å²) in [6.45, 7) is 1.04. The van der Waals surface area contributed by atoms with E-state index in [1.807, 2.05) is 42.5 Å². The van der Waals surface area contributed by atoms with Gasteiger partial charge in [-0.05, 0) is 23.3 Å². The zero-order chi connectivity index (χ0) is 16.7. The van der Waals surface area contributed by atoms with Crippen LogP contribution in [0.1, 0.15) is 17.2 Å². The van der Waals surface area contributed by atoms with Gasteiger partial charge >= 0.3 is 0 Å². The van der Waals surface area contributed by atoms with Gasteiger partial charge < -0.3 is 24.6 Å². The van der Waals surface area contributed by atoms with Gasteiger partial charge in [0.2, 0.25) is 5.75 Å². The van der Waals surface area contributed by atoms with Crippen molar-refractivity contribution in [1.82, 2.24) is 5.32 Å². The van der Waals surface area contributed by atoms with Gasteiger partial charge in [-0.1, -0.05) is 30.3 Å². The van der Waals surface area contributed by atoms with Gasteiger partial charge in [0.05, 0.1) is 27.4 Å².